The van der Waals surface area contributed by atoms with Gasteiger partial charge in [0.25, 0.3) is 5.91 Å². The summed E-state index contributed by atoms with van der Waals surface area (Å²) >= 11 is 0. The standard InChI is InChI=1S/C28H36N4O3S/c1-20(2)31-16-12-26(13-17-31)36(34,35)30-27-18-25(7-4-21(27)3)28(33)32-14-10-24(11-15-32)23-8-5-22(19-29)6-9-23/h4-9,18,20,24,26,30H,10-17H2,1-3H3. The summed E-state index contributed by atoms with van der Waals surface area (Å²) in [7, 11) is -3.54. The van der Waals surface area contributed by atoms with Crippen LogP contribution in [-0.2, 0) is 10.0 Å². The number of rotatable bonds is 6. The zero-order valence-electron chi connectivity index (χ0n) is 21.4. The van der Waals surface area contributed by atoms with Crippen molar-refractivity contribution in [3.05, 3.63) is 64.7 Å². The lowest BCUT2D eigenvalue weighted by atomic mass is 9.89. The van der Waals surface area contributed by atoms with Crippen molar-refractivity contribution < 1.29 is 13.2 Å². The van der Waals surface area contributed by atoms with Gasteiger partial charge in [0, 0.05) is 24.7 Å². The number of anilines is 1. The van der Waals surface area contributed by atoms with E-state index in [1.54, 1.807) is 12.1 Å². The van der Waals surface area contributed by atoms with E-state index < -0.39 is 15.3 Å². The summed E-state index contributed by atoms with van der Waals surface area (Å²) in [5.41, 5.74) is 3.64. The molecule has 8 heteroatoms. The lowest BCUT2D eigenvalue weighted by Crippen LogP contribution is -2.44. The highest BCUT2D eigenvalue weighted by Crippen LogP contribution is 2.30. The van der Waals surface area contributed by atoms with Crippen LogP contribution in [-0.4, -0.2) is 61.6 Å². The topological polar surface area (TPSA) is 93.5 Å². The molecule has 2 aliphatic heterocycles. The minimum absolute atomic E-state index is 0.0704. The van der Waals surface area contributed by atoms with Crippen LogP contribution in [0.2, 0.25) is 0 Å². The first kappa shape index (κ1) is 26.2. The van der Waals surface area contributed by atoms with E-state index in [4.69, 9.17) is 5.26 Å². The number of aryl methyl sites for hydroxylation is 1. The molecule has 36 heavy (non-hydrogen) atoms. The average molecular weight is 509 g/mol. The Balaban J connectivity index is 1.39. The minimum Gasteiger partial charge on any atom is -0.339 e. The number of carbonyl (C=O) groups is 1. The molecule has 2 aromatic rings. The fourth-order valence-electron chi connectivity index (χ4n) is 5.23. The van der Waals surface area contributed by atoms with Crippen LogP contribution in [0.15, 0.2) is 42.5 Å². The van der Waals surface area contributed by atoms with Crippen LogP contribution in [0.25, 0.3) is 0 Å². The lowest BCUT2D eigenvalue weighted by molar-refractivity contribution is 0.0713. The van der Waals surface area contributed by atoms with E-state index in [2.05, 4.69) is 29.5 Å². The number of hydrogen-bond donors (Lipinski definition) is 1. The van der Waals surface area contributed by atoms with E-state index >= 15 is 0 Å². The number of likely N-dealkylation sites (tertiary alicyclic amines) is 2. The highest BCUT2D eigenvalue weighted by molar-refractivity contribution is 7.93. The first-order valence-electron chi connectivity index (χ1n) is 12.8. The van der Waals surface area contributed by atoms with Crippen molar-refractivity contribution in [3.63, 3.8) is 0 Å². The molecule has 0 aliphatic carbocycles. The van der Waals surface area contributed by atoms with Crippen LogP contribution in [0.1, 0.15) is 72.5 Å². The molecule has 4 rings (SSSR count). The van der Waals surface area contributed by atoms with Crippen LogP contribution in [0.4, 0.5) is 5.69 Å². The zero-order chi connectivity index (χ0) is 25.9. The van der Waals surface area contributed by atoms with Crippen molar-refractivity contribution in [1.29, 1.82) is 5.26 Å². The normalized spacial score (nSPS) is 18.2. The fourth-order valence-corrected chi connectivity index (χ4v) is 6.76. The number of nitriles is 1. The van der Waals surface area contributed by atoms with Crippen LogP contribution in [0.3, 0.4) is 0 Å². The molecule has 7 nitrogen and oxygen atoms in total. The first-order valence-corrected chi connectivity index (χ1v) is 14.4. The maximum absolute atomic E-state index is 13.3. The van der Waals surface area contributed by atoms with Gasteiger partial charge in [-0.3, -0.25) is 9.52 Å². The molecule has 0 aromatic heterocycles. The molecule has 0 spiro atoms. The van der Waals surface area contributed by atoms with Gasteiger partial charge in [-0.05, 0) is 101 Å². The Morgan fingerprint density at radius 2 is 1.64 bits per heavy atom. The lowest BCUT2D eigenvalue weighted by Gasteiger charge is -2.34. The fraction of sp³-hybridized carbons (Fsp3) is 0.500. The highest BCUT2D eigenvalue weighted by atomic mass is 32.2. The van der Waals surface area contributed by atoms with Gasteiger partial charge in [-0.1, -0.05) is 18.2 Å². The van der Waals surface area contributed by atoms with E-state index in [1.807, 2.05) is 42.2 Å². The minimum atomic E-state index is -3.54. The second-order valence-electron chi connectivity index (χ2n) is 10.3. The number of hydrogen-bond acceptors (Lipinski definition) is 5. The molecule has 1 amide bonds. The second kappa shape index (κ2) is 11.0. The third-order valence-corrected chi connectivity index (χ3v) is 9.53. The molecule has 2 heterocycles. The van der Waals surface area contributed by atoms with E-state index in [9.17, 15) is 13.2 Å². The Labute approximate surface area is 215 Å². The van der Waals surface area contributed by atoms with Gasteiger partial charge in [0.05, 0.1) is 22.6 Å². The number of benzene rings is 2. The molecule has 2 aliphatic rings. The number of piperidine rings is 2. The van der Waals surface area contributed by atoms with Crippen molar-refractivity contribution in [2.45, 2.75) is 63.7 Å². The van der Waals surface area contributed by atoms with Gasteiger partial charge in [-0.25, -0.2) is 8.42 Å². The van der Waals surface area contributed by atoms with Crippen molar-refractivity contribution in [1.82, 2.24) is 9.80 Å². The van der Waals surface area contributed by atoms with Crippen molar-refractivity contribution in [3.8, 4) is 6.07 Å². The summed E-state index contributed by atoms with van der Waals surface area (Å²) < 4.78 is 29.1. The third-order valence-electron chi connectivity index (χ3n) is 7.68. The molecule has 1 N–H and O–H groups in total. The van der Waals surface area contributed by atoms with Crippen LogP contribution in [0, 0.1) is 18.3 Å². The van der Waals surface area contributed by atoms with E-state index in [1.165, 1.54) is 5.56 Å². The van der Waals surface area contributed by atoms with Gasteiger partial charge in [-0.15, -0.1) is 0 Å². The molecular weight excluding hydrogens is 472 g/mol. The third kappa shape index (κ3) is 5.91. The van der Waals surface area contributed by atoms with E-state index in [0.29, 0.717) is 54.7 Å². The number of amides is 1. The van der Waals surface area contributed by atoms with Gasteiger partial charge in [-0.2, -0.15) is 5.26 Å². The van der Waals surface area contributed by atoms with Crippen LogP contribution in [0.5, 0.6) is 0 Å². The second-order valence-corrected chi connectivity index (χ2v) is 12.3. The molecule has 0 saturated carbocycles. The Morgan fingerprint density at radius 1 is 1.00 bits per heavy atom. The van der Waals surface area contributed by atoms with Gasteiger partial charge >= 0.3 is 0 Å². The largest absolute Gasteiger partial charge is 0.339 e. The van der Waals surface area contributed by atoms with Crippen molar-refractivity contribution >= 4 is 21.6 Å². The van der Waals surface area contributed by atoms with E-state index in [0.717, 1.165) is 31.5 Å². The monoisotopic (exact) mass is 508 g/mol. The summed E-state index contributed by atoms with van der Waals surface area (Å²) in [6, 6.07) is 15.5. The molecule has 2 fully saturated rings. The molecule has 0 atom stereocenters. The summed E-state index contributed by atoms with van der Waals surface area (Å²) in [4.78, 5) is 17.4. The predicted octanol–water partition coefficient (Wildman–Crippen LogP) is 4.50. The SMILES string of the molecule is Cc1ccc(C(=O)N2CCC(c3ccc(C#N)cc3)CC2)cc1NS(=O)(=O)C1CCN(C(C)C)CC1. The maximum Gasteiger partial charge on any atom is 0.253 e. The summed E-state index contributed by atoms with van der Waals surface area (Å²) in [5.74, 6) is 0.295. The summed E-state index contributed by atoms with van der Waals surface area (Å²) in [6.45, 7) is 8.97. The Hall–Kier alpha value is -2.89. The van der Waals surface area contributed by atoms with Crippen LogP contribution < -0.4 is 4.72 Å². The van der Waals surface area contributed by atoms with Crippen molar-refractivity contribution in [2.75, 3.05) is 30.9 Å². The zero-order valence-corrected chi connectivity index (χ0v) is 22.2. The van der Waals surface area contributed by atoms with Crippen molar-refractivity contribution in [2.24, 2.45) is 0 Å². The van der Waals surface area contributed by atoms with E-state index in [-0.39, 0.29) is 5.91 Å². The Kier molecular flexibility index (Phi) is 8.01. The molecule has 192 valence electrons. The van der Waals surface area contributed by atoms with Gasteiger partial charge in [0.15, 0.2) is 0 Å². The van der Waals surface area contributed by atoms with Gasteiger partial charge in [0.2, 0.25) is 10.0 Å². The number of carbonyl (C=O) groups excluding carboxylic acids is 1. The molecule has 0 unspecified atom stereocenters. The molecule has 0 radical (unpaired) electrons. The molecule has 2 saturated heterocycles. The predicted molar refractivity (Wildman–Crippen MR) is 142 cm³/mol. The van der Waals surface area contributed by atoms with Crippen LogP contribution >= 0.6 is 0 Å². The van der Waals surface area contributed by atoms with Gasteiger partial charge in [0.1, 0.15) is 0 Å². The first-order chi connectivity index (χ1) is 17.2. The quantitative estimate of drug-likeness (QED) is 0.620. The maximum atomic E-state index is 13.3. The smallest absolute Gasteiger partial charge is 0.253 e. The van der Waals surface area contributed by atoms with Gasteiger partial charge < -0.3 is 9.80 Å². The highest BCUT2D eigenvalue weighted by Gasteiger charge is 2.31. The number of nitrogens with one attached hydrogen (secondary N) is 1. The Morgan fingerprint density at radius 3 is 2.22 bits per heavy atom. The average Bonchev–Trinajstić information content (AvgIpc) is 2.89. The number of nitrogens with zero attached hydrogens (tertiary/aromatic N) is 3. The molecule has 0 bridgehead atoms. The Bertz CT molecular complexity index is 1220. The number of sulfonamides is 1. The molecule has 2 aromatic carbocycles. The summed E-state index contributed by atoms with van der Waals surface area (Å²) in [6.07, 6.45) is 2.94. The summed E-state index contributed by atoms with van der Waals surface area (Å²) in [5, 5.41) is 8.58. The molecular formula is C28H36N4O3S.